The number of methoxy groups -OCH3 is 1. The number of ether oxygens (including phenoxy) is 2. The average Bonchev–Trinajstić information content (AvgIpc) is 3.32. The van der Waals surface area contributed by atoms with E-state index in [1.807, 2.05) is 6.07 Å². The number of nitrogens with zero attached hydrogens (tertiary/aromatic N) is 3. The summed E-state index contributed by atoms with van der Waals surface area (Å²) in [4.78, 5) is 45.4. The van der Waals surface area contributed by atoms with Crippen LogP contribution in [0.2, 0.25) is 0 Å². The number of benzene rings is 2. The SMILES string of the molecule is COc1ccc(C(=O)N(CC(=O)[N@+]2(C(N)=O)CCCC2Oc2ccncc2)c2ccccc2)cc1. The highest BCUT2D eigenvalue weighted by Crippen LogP contribution is 2.31. The summed E-state index contributed by atoms with van der Waals surface area (Å²) in [5.74, 6) is 0.188. The number of imide groups is 1. The largest absolute Gasteiger partial charge is 0.497 e. The van der Waals surface area contributed by atoms with Gasteiger partial charge in [0.05, 0.1) is 13.7 Å². The van der Waals surface area contributed by atoms with Crippen LogP contribution in [0, 0.1) is 0 Å². The molecule has 0 bridgehead atoms. The zero-order valence-corrected chi connectivity index (χ0v) is 19.4. The van der Waals surface area contributed by atoms with Gasteiger partial charge in [-0.1, -0.05) is 18.2 Å². The lowest BCUT2D eigenvalue weighted by atomic mass is 10.1. The lowest BCUT2D eigenvalue weighted by Crippen LogP contribution is -2.66. The smallest absolute Gasteiger partial charge is 0.424 e. The predicted octanol–water partition coefficient (Wildman–Crippen LogP) is 3.36. The van der Waals surface area contributed by atoms with Crippen molar-refractivity contribution in [1.29, 1.82) is 0 Å². The van der Waals surface area contributed by atoms with Crippen LogP contribution in [0.5, 0.6) is 11.5 Å². The minimum Gasteiger partial charge on any atom is -0.497 e. The van der Waals surface area contributed by atoms with Gasteiger partial charge in [-0.15, -0.1) is 4.48 Å². The first-order valence-electron chi connectivity index (χ1n) is 11.2. The summed E-state index contributed by atoms with van der Waals surface area (Å²) in [6.45, 7) is -0.155. The van der Waals surface area contributed by atoms with E-state index in [2.05, 4.69) is 4.98 Å². The zero-order chi connectivity index (χ0) is 24.8. The molecule has 1 aliphatic rings. The molecule has 0 aliphatic carbocycles. The summed E-state index contributed by atoms with van der Waals surface area (Å²) >= 11 is 0. The van der Waals surface area contributed by atoms with Crippen molar-refractivity contribution in [3.8, 4) is 11.5 Å². The fraction of sp³-hybridized carbons (Fsp3) is 0.231. The number of likely N-dealkylation sites (tertiary alicyclic amines) is 1. The Morgan fingerprint density at radius 1 is 1.00 bits per heavy atom. The molecule has 180 valence electrons. The first kappa shape index (κ1) is 23.9. The molecule has 1 unspecified atom stereocenters. The number of pyridine rings is 1. The van der Waals surface area contributed by atoms with Crippen LogP contribution in [-0.4, -0.2) is 53.7 Å². The Kier molecular flexibility index (Phi) is 7.07. The number of carbonyl (C=O) groups is 3. The number of primary amides is 1. The summed E-state index contributed by atoms with van der Waals surface area (Å²) in [5.41, 5.74) is 6.71. The van der Waals surface area contributed by atoms with E-state index >= 15 is 0 Å². The van der Waals surface area contributed by atoms with Crippen molar-refractivity contribution < 1.29 is 28.3 Å². The monoisotopic (exact) mass is 475 g/mol. The summed E-state index contributed by atoms with van der Waals surface area (Å²) in [6.07, 6.45) is 3.37. The number of rotatable bonds is 7. The maximum absolute atomic E-state index is 13.8. The molecule has 1 aromatic heterocycles. The van der Waals surface area contributed by atoms with Gasteiger partial charge in [0.1, 0.15) is 18.0 Å². The van der Waals surface area contributed by atoms with Gasteiger partial charge in [0.2, 0.25) is 6.23 Å². The Bertz CT molecular complexity index is 1190. The molecular formula is C26H27N4O5+. The van der Waals surface area contributed by atoms with Crippen LogP contribution in [0.4, 0.5) is 10.5 Å². The van der Waals surface area contributed by atoms with E-state index < -0.39 is 22.6 Å². The van der Waals surface area contributed by atoms with Crippen LogP contribution in [-0.2, 0) is 4.79 Å². The molecule has 2 N–H and O–H groups in total. The fourth-order valence-electron chi connectivity index (χ4n) is 4.30. The number of anilines is 1. The van der Waals surface area contributed by atoms with Gasteiger partial charge in [0, 0.05) is 36.5 Å². The number of hydrogen-bond acceptors (Lipinski definition) is 6. The maximum atomic E-state index is 13.8. The van der Waals surface area contributed by atoms with Gasteiger partial charge in [-0.3, -0.25) is 14.7 Å². The Morgan fingerprint density at radius 2 is 1.69 bits per heavy atom. The average molecular weight is 476 g/mol. The van der Waals surface area contributed by atoms with Crippen molar-refractivity contribution in [3.05, 3.63) is 84.7 Å². The van der Waals surface area contributed by atoms with E-state index in [1.54, 1.807) is 80.2 Å². The third-order valence-corrected chi connectivity index (χ3v) is 6.16. The highest BCUT2D eigenvalue weighted by Gasteiger charge is 2.55. The van der Waals surface area contributed by atoms with E-state index in [1.165, 1.54) is 4.90 Å². The number of hydrogen-bond donors (Lipinski definition) is 1. The highest BCUT2D eigenvalue weighted by atomic mass is 16.5. The first-order valence-corrected chi connectivity index (χ1v) is 11.2. The normalized spacial score (nSPS) is 19.1. The fourth-order valence-corrected chi connectivity index (χ4v) is 4.30. The van der Waals surface area contributed by atoms with Crippen LogP contribution in [0.25, 0.3) is 0 Å². The molecule has 2 heterocycles. The molecule has 3 aromatic rings. The second kappa shape index (κ2) is 10.4. The predicted molar refractivity (Wildman–Crippen MR) is 129 cm³/mol. The van der Waals surface area contributed by atoms with Gasteiger partial charge < -0.3 is 15.2 Å². The number of aromatic nitrogens is 1. The van der Waals surface area contributed by atoms with Gasteiger partial charge in [-0.2, -0.15) is 0 Å². The molecule has 1 fully saturated rings. The molecule has 2 aromatic carbocycles. The second-order valence-electron chi connectivity index (χ2n) is 8.18. The number of carbonyl (C=O) groups excluding carboxylic acids is 3. The van der Waals surface area contributed by atoms with Crippen LogP contribution >= 0.6 is 0 Å². The van der Waals surface area contributed by atoms with Crippen molar-refractivity contribution in [2.75, 3.05) is 25.1 Å². The summed E-state index contributed by atoms with van der Waals surface area (Å²) in [5, 5.41) is 0. The van der Waals surface area contributed by atoms with Crippen molar-refractivity contribution >= 4 is 23.5 Å². The summed E-state index contributed by atoms with van der Waals surface area (Å²) in [6, 6.07) is 17.9. The van der Waals surface area contributed by atoms with E-state index in [0.717, 1.165) is 0 Å². The zero-order valence-electron chi connectivity index (χ0n) is 19.4. The Balaban J connectivity index is 1.66. The second-order valence-corrected chi connectivity index (χ2v) is 8.18. The van der Waals surface area contributed by atoms with Crippen molar-refractivity contribution in [2.24, 2.45) is 5.73 Å². The Hall–Kier alpha value is -4.24. The van der Waals surface area contributed by atoms with Crippen LogP contribution in [0.15, 0.2) is 79.1 Å². The van der Waals surface area contributed by atoms with Gasteiger partial charge in [-0.25, -0.2) is 9.59 Å². The number of quaternary nitrogens is 1. The molecule has 0 radical (unpaired) electrons. The van der Waals surface area contributed by atoms with Gasteiger partial charge in [0.25, 0.3) is 5.91 Å². The van der Waals surface area contributed by atoms with Crippen molar-refractivity contribution in [2.45, 2.75) is 19.1 Å². The van der Waals surface area contributed by atoms with Crippen molar-refractivity contribution in [1.82, 2.24) is 4.98 Å². The highest BCUT2D eigenvalue weighted by molar-refractivity contribution is 6.08. The summed E-state index contributed by atoms with van der Waals surface area (Å²) in [7, 11) is 1.54. The number of urea groups is 1. The van der Waals surface area contributed by atoms with Crippen molar-refractivity contribution in [3.63, 3.8) is 0 Å². The van der Waals surface area contributed by atoms with Crippen LogP contribution in [0.3, 0.4) is 0 Å². The summed E-state index contributed by atoms with van der Waals surface area (Å²) < 4.78 is 10.5. The van der Waals surface area contributed by atoms with Crippen LogP contribution < -0.4 is 20.1 Å². The van der Waals surface area contributed by atoms with Gasteiger partial charge >= 0.3 is 11.9 Å². The molecule has 35 heavy (non-hydrogen) atoms. The van der Waals surface area contributed by atoms with E-state index in [9.17, 15) is 14.4 Å². The molecule has 4 rings (SSSR count). The quantitative estimate of drug-likeness (QED) is 0.525. The van der Waals surface area contributed by atoms with E-state index in [-0.39, 0.29) is 19.0 Å². The minimum atomic E-state index is -0.809. The minimum absolute atomic E-state index is 0.198. The molecule has 1 saturated heterocycles. The molecule has 1 aliphatic heterocycles. The Morgan fingerprint density at radius 3 is 2.31 bits per heavy atom. The standard InChI is InChI=1S/C26H26N4O5/c1-34-21-11-9-19(10-12-21)25(32)29(20-6-3-2-4-7-20)18-23(31)30(26(27)33)17-5-8-24(30)35-22-13-15-28-16-14-22/h2-4,6-7,9-16,24H,5,8,17-18H2,1H3,(H-,27,33)/p+1/t24?,30-/m1/s1. The van der Waals surface area contributed by atoms with E-state index in [0.29, 0.717) is 35.6 Å². The third-order valence-electron chi connectivity index (χ3n) is 6.16. The molecule has 2 atom stereocenters. The maximum Gasteiger partial charge on any atom is 0.424 e. The molecule has 9 nitrogen and oxygen atoms in total. The lowest BCUT2D eigenvalue weighted by molar-refractivity contribution is -0.806. The number of para-hydroxylation sites is 1. The molecule has 0 saturated carbocycles. The lowest BCUT2D eigenvalue weighted by Gasteiger charge is -2.34. The van der Waals surface area contributed by atoms with E-state index in [4.69, 9.17) is 15.2 Å². The van der Waals surface area contributed by atoms with Crippen LogP contribution in [0.1, 0.15) is 23.2 Å². The molecule has 9 heteroatoms. The molecular weight excluding hydrogens is 448 g/mol. The number of amides is 4. The van der Waals surface area contributed by atoms with Gasteiger partial charge in [-0.05, 0) is 48.5 Å². The molecule has 0 spiro atoms. The first-order chi connectivity index (χ1) is 17.0. The topological polar surface area (TPSA) is 112 Å². The van der Waals surface area contributed by atoms with Gasteiger partial charge in [0.15, 0.2) is 0 Å². The molecule has 4 amide bonds. The number of nitrogens with two attached hydrogens (primary N) is 1. The Labute approximate surface area is 203 Å². The third kappa shape index (κ3) is 4.85.